The zero-order chi connectivity index (χ0) is 16.0. The zero-order valence-corrected chi connectivity index (χ0v) is 13.1. The number of anilines is 1. The Morgan fingerprint density at radius 1 is 1.09 bits per heavy atom. The van der Waals surface area contributed by atoms with E-state index < -0.39 is 10.0 Å². The van der Waals surface area contributed by atoms with Gasteiger partial charge < -0.3 is 9.47 Å². The molecular weight excluding hydrogens is 306 g/mol. The molecule has 8 heteroatoms. The van der Waals surface area contributed by atoms with Gasteiger partial charge in [-0.3, -0.25) is 4.72 Å². The number of ether oxygens (including phenoxy) is 2. The summed E-state index contributed by atoms with van der Waals surface area (Å²) in [7, 11) is -3.73. The molecule has 0 aliphatic carbocycles. The number of rotatable bonds is 7. The fraction of sp³-hybridized carbons (Fsp3) is 0.286. The average Bonchev–Trinajstić information content (AvgIpc) is 2.51. The topological polar surface area (TPSA) is 90.4 Å². The maximum absolute atomic E-state index is 12.3. The van der Waals surface area contributed by atoms with Gasteiger partial charge in [0.25, 0.3) is 10.0 Å². The molecule has 0 radical (unpaired) electrons. The zero-order valence-electron chi connectivity index (χ0n) is 12.3. The van der Waals surface area contributed by atoms with Gasteiger partial charge in [0.2, 0.25) is 5.88 Å². The summed E-state index contributed by atoms with van der Waals surface area (Å²) >= 11 is 0. The van der Waals surface area contributed by atoms with Gasteiger partial charge in [0.1, 0.15) is 5.69 Å². The Bertz CT molecular complexity index is 720. The molecule has 0 spiro atoms. The first-order valence-corrected chi connectivity index (χ1v) is 8.25. The van der Waals surface area contributed by atoms with E-state index in [1.807, 2.05) is 0 Å². The third kappa shape index (κ3) is 3.85. The summed E-state index contributed by atoms with van der Waals surface area (Å²) in [5.74, 6) is 0.125. The van der Waals surface area contributed by atoms with E-state index in [1.165, 1.54) is 18.3 Å². The number of sulfonamides is 1. The molecular formula is C14H17N3O4S. The standard InChI is InChI=1S/C14H17N3O4S/c1-3-20-13-12(10-15-14(16-13)21-4-2)17-22(18,19)11-8-6-5-7-9-11/h5-10,17H,3-4H2,1-2H3. The highest BCUT2D eigenvalue weighted by Crippen LogP contribution is 2.25. The minimum Gasteiger partial charge on any atom is -0.476 e. The summed E-state index contributed by atoms with van der Waals surface area (Å²) in [5, 5.41) is 0. The van der Waals surface area contributed by atoms with Crippen molar-refractivity contribution in [1.82, 2.24) is 9.97 Å². The van der Waals surface area contributed by atoms with Crippen molar-refractivity contribution in [2.75, 3.05) is 17.9 Å². The monoisotopic (exact) mass is 323 g/mol. The van der Waals surface area contributed by atoms with Gasteiger partial charge in [0.15, 0.2) is 0 Å². The van der Waals surface area contributed by atoms with Crippen molar-refractivity contribution < 1.29 is 17.9 Å². The predicted octanol–water partition coefficient (Wildman–Crippen LogP) is 2.07. The first-order chi connectivity index (χ1) is 10.6. The van der Waals surface area contributed by atoms with Gasteiger partial charge in [-0.1, -0.05) is 18.2 Å². The highest BCUT2D eigenvalue weighted by Gasteiger charge is 2.18. The first kappa shape index (κ1) is 16.0. The molecule has 2 aromatic rings. The number of nitrogens with one attached hydrogen (secondary N) is 1. The van der Waals surface area contributed by atoms with Crippen LogP contribution in [0.4, 0.5) is 5.69 Å². The number of hydrogen-bond acceptors (Lipinski definition) is 6. The van der Waals surface area contributed by atoms with Crippen LogP contribution >= 0.6 is 0 Å². The quantitative estimate of drug-likeness (QED) is 0.839. The molecule has 0 saturated carbocycles. The third-order valence-corrected chi connectivity index (χ3v) is 3.97. The molecule has 1 aromatic carbocycles. The summed E-state index contributed by atoms with van der Waals surface area (Å²) in [4.78, 5) is 8.14. The maximum Gasteiger partial charge on any atom is 0.319 e. The van der Waals surface area contributed by atoms with Crippen molar-refractivity contribution in [3.05, 3.63) is 36.5 Å². The molecule has 0 amide bonds. The molecule has 1 heterocycles. The molecule has 0 aliphatic heterocycles. The smallest absolute Gasteiger partial charge is 0.319 e. The Kier molecular flexibility index (Phi) is 5.16. The Labute approximate surface area is 129 Å². The van der Waals surface area contributed by atoms with E-state index in [4.69, 9.17) is 9.47 Å². The summed E-state index contributed by atoms with van der Waals surface area (Å²) in [6, 6.07) is 8.16. The summed E-state index contributed by atoms with van der Waals surface area (Å²) in [6.45, 7) is 4.32. The molecule has 0 aliphatic rings. The van der Waals surface area contributed by atoms with E-state index in [9.17, 15) is 8.42 Å². The molecule has 0 saturated heterocycles. The molecule has 7 nitrogen and oxygen atoms in total. The second kappa shape index (κ2) is 7.08. The predicted molar refractivity (Wildman–Crippen MR) is 81.6 cm³/mol. The SMILES string of the molecule is CCOc1ncc(NS(=O)(=O)c2ccccc2)c(OCC)n1. The lowest BCUT2D eigenvalue weighted by atomic mass is 10.4. The summed E-state index contributed by atoms with van der Waals surface area (Å²) in [5.41, 5.74) is 0.161. The van der Waals surface area contributed by atoms with E-state index in [2.05, 4.69) is 14.7 Å². The Morgan fingerprint density at radius 2 is 1.77 bits per heavy atom. The van der Waals surface area contributed by atoms with Gasteiger partial charge in [0.05, 0.1) is 24.3 Å². The van der Waals surface area contributed by atoms with Gasteiger partial charge in [-0.2, -0.15) is 4.98 Å². The van der Waals surface area contributed by atoms with Gasteiger partial charge in [0, 0.05) is 0 Å². The Hall–Kier alpha value is -2.35. The summed E-state index contributed by atoms with van der Waals surface area (Å²) in [6.07, 6.45) is 1.32. The van der Waals surface area contributed by atoms with Crippen LogP contribution in [0, 0.1) is 0 Å². The largest absolute Gasteiger partial charge is 0.476 e. The molecule has 1 N–H and O–H groups in total. The van der Waals surface area contributed by atoms with E-state index >= 15 is 0 Å². The average molecular weight is 323 g/mol. The minimum atomic E-state index is -3.73. The molecule has 0 unspecified atom stereocenters. The fourth-order valence-corrected chi connectivity index (χ4v) is 2.73. The highest BCUT2D eigenvalue weighted by molar-refractivity contribution is 7.92. The Morgan fingerprint density at radius 3 is 2.41 bits per heavy atom. The van der Waals surface area contributed by atoms with Crippen molar-refractivity contribution in [2.45, 2.75) is 18.7 Å². The number of benzene rings is 1. The number of hydrogen-bond donors (Lipinski definition) is 1. The van der Waals surface area contributed by atoms with Crippen LogP contribution in [-0.2, 0) is 10.0 Å². The lowest BCUT2D eigenvalue weighted by Crippen LogP contribution is -2.15. The van der Waals surface area contributed by atoms with Crippen molar-refractivity contribution in [2.24, 2.45) is 0 Å². The van der Waals surface area contributed by atoms with E-state index in [0.717, 1.165) is 0 Å². The molecule has 1 aromatic heterocycles. The number of nitrogens with zero attached hydrogens (tertiary/aromatic N) is 2. The highest BCUT2D eigenvalue weighted by atomic mass is 32.2. The lowest BCUT2D eigenvalue weighted by Gasteiger charge is -2.12. The van der Waals surface area contributed by atoms with Crippen LogP contribution in [0.15, 0.2) is 41.4 Å². The molecule has 2 rings (SSSR count). The normalized spacial score (nSPS) is 11.0. The van der Waals surface area contributed by atoms with Crippen LogP contribution in [0.2, 0.25) is 0 Å². The Balaban J connectivity index is 2.32. The van der Waals surface area contributed by atoms with Crippen LogP contribution < -0.4 is 14.2 Å². The molecule has 0 fully saturated rings. The third-order valence-electron chi connectivity index (χ3n) is 2.58. The van der Waals surface area contributed by atoms with Gasteiger partial charge in [-0.15, -0.1) is 0 Å². The van der Waals surface area contributed by atoms with Crippen LogP contribution in [0.5, 0.6) is 11.9 Å². The first-order valence-electron chi connectivity index (χ1n) is 6.77. The fourth-order valence-electron chi connectivity index (χ4n) is 1.67. The van der Waals surface area contributed by atoms with Gasteiger partial charge in [-0.05, 0) is 26.0 Å². The van der Waals surface area contributed by atoms with Crippen molar-refractivity contribution in [3.8, 4) is 11.9 Å². The molecule has 118 valence electrons. The van der Waals surface area contributed by atoms with Crippen LogP contribution in [0.25, 0.3) is 0 Å². The van der Waals surface area contributed by atoms with Crippen LogP contribution in [-0.4, -0.2) is 31.6 Å². The van der Waals surface area contributed by atoms with Crippen molar-refractivity contribution >= 4 is 15.7 Å². The van der Waals surface area contributed by atoms with E-state index in [1.54, 1.807) is 32.0 Å². The van der Waals surface area contributed by atoms with E-state index in [0.29, 0.717) is 13.2 Å². The second-order valence-electron chi connectivity index (χ2n) is 4.16. The number of aromatic nitrogens is 2. The van der Waals surface area contributed by atoms with Crippen LogP contribution in [0.1, 0.15) is 13.8 Å². The molecule has 0 bridgehead atoms. The lowest BCUT2D eigenvalue weighted by molar-refractivity contribution is 0.290. The molecule has 22 heavy (non-hydrogen) atoms. The summed E-state index contributed by atoms with van der Waals surface area (Å²) < 4.78 is 37.6. The molecule has 0 atom stereocenters. The second-order valence-corrected chi connectivity index (χ2v) is 5.84. The van der Waals surface area contributed by atoms with E-state index in [-0.39, 0.29) is 22.5 Å². The van der Waals surface area contributed by atoms with Gasteiger partial charge in [-0.25, -0.2) is 13.4 Å². The van der Waals surface area contributed by atoms with Crippen molar-refractivity contribution in [3.63, 3.8) is 0 Å². The minimum absolute atomic E-state index is 0.125. The maximum atomic E-state index is 12.3. The van der Waals surface area contributed by atoms with Crippen LogP contribution in [0.3, 0.4) is 0 Å². The van der Waals surface area contributed by atoms with Crippen molar-refractivity contribution in [1.29, 1.82) is 0 Å². The van der Waals surface area contributed by atoms with Gasteiger partial charge >= 0.3 is 6.01 Å².